The minimum absolute atomic E-state index is 0.00698. The monoisotopic (exact) mass is 354 g/mol. The lowest BCUT2D eigenvalue weighted by atomic mass is 10.3. The second kappa shape index (κ2) is 5.90. The molecule has 0 aromatic heterocycles. The highest BCUT2D eigenvalue weighted by atomic mass is 35.5. The fraction of sp³-hybridized carbons (Fsp3) is 0. The fourth-order valence-electron chi connectivity index (χ4n) is 1.35. The molecule has 0 saturated heterocycles. The topological polar surface area (TPSA) is 40.5 Å². The van der Waals surface area contributed by atoms with Gasteiger partial charge >= 0.3 is 0 Å². The van der Waals surface area contributed by atoms with Crippen LogP contribution in [0.2, 0.25) is 20.1 Å². The van der Waals surface area contributed by atoms with E-state index in [0.717, 1.165) is 11.8 Å². The van der Waals surface area contributed by atoms with Crippen molar-refractivity contribution in [2.45, 2.75) is 9.79 Å². The molecule has 0 heterocycles. The van der Waals surface area contributed by atoms with Crippen LogP contribution in [0.5, 0.6) is 11.5 Å². The summed E-state index contributed by atoms with van der Waals surface area (Å²) in [5.41, 5.74) is 0. The van der Waals surface area contributed by atoms with Gasteiger partial charge in [-0.05, 0) is 12.1 Å². The second-order valence-corrected chi connectivity index (χ2v) is 6.07. The van der Waals surface area contributed by atoms with Gasteiger partial charge in [0.15, 0.2) is 5.75 Å². The molecule has 0 atom stereocenters. The molecule has 2 aromatic carbocycles. The molecule has 0 unspecified atom stereocenters. The van der Waals surface area contributed by atoms with E-state index >= 15 is 0 Å². The van der Waals surface area contributed by atoms with Crippen molar-refractivity contribution in [3.8, 4) is 11.5 Å². The number of halogens is 4. The minimum atomic E-state index is -0.269. The van der Waals surface area contributed by atoms with Crippen molar-refractivity contribution >= 4 is 58.2 Å². The lowest BCUT2D eigenvalue weighted by Crippen LogP contribution is -1.84. The zero-order valence-corrected chi connectivity index (χ0v) is 13.0. The number of phenols is 2. The summed E-state index contributed by atoms with van der Waals surface area (Å²) in [5, 5.41) is 19.7. The first-order valence-corrected chi connectivity index (χ1v) is 7.27. The molecular weight excluding hydrogens is 350 g/mol. The van der Waals surface area contributed by atoms with Crippen molar-refractivity contribution in [3.63, 3.8) is 0 Å². The molecule has 0 aliphatic rings. The number of aromatic hydroxyl groups is 2. The Labute approximate surface area is 133 Å². The number of hydrogen-bond acceptors (Lipinski definition) is 3. The maximum absolute atomic E-state index is 9.97. The van der Waals surface area contributed by atoms with Gasteiger partial charge in [0, 0.05) is 0 Å². The number of benzene rings is 2. The van der Waals surface area contributed by atoms with E-state index in [9.17, 15) is 10.2 Å². The molecule has 0 amide bonds. The molecule has 0 saturated carbocycles. The first-order valence-electron chi connectivity index (χ1n) is 4.94. The molecule has 19 heavy (non-hydrogen) atoms. The first kappa shape index (κ1) is 14.9. The Hall–Kier alpha value is -0.450. The Morgan fingerprint density at radius 1 is 0.789 bits per heavy atom. The van der Waals surface area contributed by atoms with E-state index < -0.39 is 0 Å². The zero-order valence-electron chi connectivity index (χ0n) is 9.12. The van der Waals surface area contributed by atoms with Crippen LogP contribution in [0, 0.1) is 0 Å². The molecule has 0 aliphatic carbocycles. The quantitative estimate of drug-likeness (QED) is 0.523. The molecule has 2 aromatic rings. The summed E-state index contributed by atoms with van der Waals surface area (Å²) in [4.78, 5) is 0.747. The average molecular weight is 356 g/mol. The van der Waals surface area contributed by atoms with Gasteiger partial charge < -0.3 is 10.2 Å². The SMILES string of the molecule is Oc1ccccc1Sc1c(O)c(Cl)c(Cl)c(Cl)c1Cl. The van der Waals surface area contributed by atoms with Crippen molar-refractivity contribution < 1.29 is 10.2 Å². The Kier molecular flexibility index (Phi) is 4.64. The highest BCUT2D eigenvalue weighted by Crippen LogP contribution is 2.51. The van der Waals surface area contributed by atoms with Gasteiger partial charge in [0.2, 0.25) is 0 Å². The van der Waals surface area contributed by atoms with Crippen molar-refractivity contribution in [1.82, 2.24) is 0 Å². The molecule has 7 heteroatoms. The first-order chi connectivity index (χ1) is 8.93. The maximum Gasteiger partial charge on any atom is 0.151 e. The van der Waals surface area contributed by atoms with Crippen LogP contribution in [0.15, 0.2) is 34.1 Å². The van der Waals surface area contributed by atoms with E-state index in [1.807, 2.05) is 0 Å². The summed E-state index contributed by atoms with van der Waals surface area (Å²) in [6, 6.07) is 6.62. The smallest absolute Gasteiger partial charge is 0.151 e. The zero-order chi connectivity index (χ0) is 14.2. The number of hydrogen-bond donors (Lipinski definition) is 2. The number of rotatable bonds is 2. The van der Waals surface area contributed by atoms with Gasteiger partial charge in [0.1, 0.15) is 10.8 Å². The number of para-hydroxylation sites is 1. The third-order valence-corrected chi connectivity index (χ3v) is 5.35. The van der Waals surface area contributed by atoms with E-state index in [1.54, 1.807) is 18.2 Å². The molecule has 2 nitrogen and oxygen atoms in total. The molecule has 0 aliphatic heterocycles. The molecule has 2 rings (SSSR count). The van der Waals surface area contributed by atoms with Gasteiger partial charge in [0.25, 0.3) is 0 Å². The Bertz CT molecular complexity index is 617. The molecule has 0 bridgehead atoms. The van der Waals surface area contributed by atoms with Gasteiger partial charge in [-0.3, -0.25) is 0 Å². The van der Waals surface area contributed by atoms with Gasteiger partial charge in [0.05, 0.1) is 24.9 Å². The van der Waals surface area contributed by atoms with Crippen LogP contribution in [-0.2, 0) is 0 Å². The molecule has 2 N–H and O–H groups in total. The lowest BCUT2D eigenvalue weighted by molar-refractivity contribution is 0.460. The van der Waals surface area contributed by atoms with Gasteiger partial charge in [-0.25, -0.2) is 0 Å². The highest BCUT2D eigenvalue weighted by Gasteiger charge is 2.21. The number of phenolic OH excluding ortho intramolecular Hbond substituents is 2. The van der Waals surface area contributed by atoms with Crippen LogP contribution in [0.25, 0.3) is 0 Å². The van der Waals surface area contributed by atoms with Crippen LogP contribution in [0.4, 0.5) is 0 Å². The van der Waals surface area contributed by atoms with Crippen molar-refractivity contribution in [2.24, 2.45) is 0 Å². The largest absolute Gasteiger partial charge is 0.507 e. The minimum Gasteiger partial charge on any atom is -0.507 e. The van der Waals surface area contributed by atoms with E-state index in [4.69, 9.17) is 46.4 Å². The average Bonchev–Trinajstić information content (AvgIpc) is 2.41. The standard InChI is InChI=1S/C12H6Cl4O2S/c13-7-8(14)10(16)12(11(18)9(7)15)19-6-4-2-1-3-5(6)17/h1-4,17-18H. The van der Waals surface area contributed by atoms with Crippen LogP contribution in [0.1, 0.15) is 0 Å². The molecule has 0 fully saturated rings. The van der Waals surface area contributed by atoms with Crippen LogP contribution in [0.3, 0.4) is 0 Å². The molecule has 0 radical (unpaired) electrons. The normalized spacial score (nSPS) is 10.7. The molecular formula is C12H6Cl4O2S. The van der Waals surface area contributed by atoms with E-state index in [-0.39, 0.29) is 36.5 Å². The Morgan fingerprint density at radius 2 is 1.37 bits per heavy atom. The van der Waals surface area contributed by atoms with Gasteiger partial charge in [-0.15, -0.1) is 0 Å². The van der Waals surface area contributed by atoms with Crippen LogP contribution >= 0.6 is 58.2 Å². The third kappa shape index (κ3) is 2.86. The van der Waals surface area contributed by atoms with Crippen molar-refractivity contribution in [2.75, 3.05) is 0 Å². The van der Waals surface area contributed by atoms with E-state index in [1.165, 1.54) is 6.07 Å². The van der Waals surface area contributed by atoms with Crippen molar-refractivity contribution in [1.29, 1.82) is 0 Å². The summed E-state index contributed by atoms with van der Waals surface area (Å²) in [7, 11) is 0. The fourth-order valence-corrected chi connectivity index (χ4v) is 3.35. The second-order valence-electron chi connectivity index (χ2n) is 3.50. The van der Waals surface area contributed by atoms with E-state index in [2.05, 4.69) is 0 Å². The lowest BCUT2D eigenvalue weighted by Gasteiger charge is -2.12. The van der Waals surface area contributed by atoms with Crippen molar-refractivity contribution in [3.05, 3.63) is 44.4 Å². The van der Waals surface area contributed by atoms with Crippen LogP contribution in [-0.4, -0.2) is 10.2 Å². The molecule has 0 spiro atoms. The third-order valence-electron chi connectivity index (χ3n) is 2.28. The highest BCUT2D eigenvalue weighted by molar-refractivity contribution is 7.99. The predicted octanol–water partition coefficient (Wildman–Crippen LogP) is 5.86. The summed E-state index contributed by atoms with van der Waals surface area (Å²) in [5.74, 6) is -0.209. The summed E-state index contributed by atoms with van der Waals surface area (Å²) in [6.45, 7) is 0. The summed E-state index contributed by atoms with van der Waals surface area (Å²) in [6.07, 6.45) is 0. The Morgan fingerprint density at radius 3 is 2.00 bits per heavy atom. The summed E-state index contributed by atoms with van der Waals surface area (Å²) >= 11 is 24.7. The molecule has 100 valence electrons. The predicted molar refractivity (Wildman–Crippen MR) is 80.4 cm³/mol. The van der Waals surface area contributed by atoms with Gasteiger partial charge in [-0.2, -0.15) is 0 Å². The van der Waals surface area contributed by atoms with Gasteiger partial charge in [-0.1, -0.05) is 70.3 Å². The van der Waals surface area contributed by atoms with E-state index in [0.29, 0.717) is 4.90 Å². The Balaban J connectivity index is 2.56. The van der Waals surface area contributed by atoms with Crippen LogP contribution < -0.4 is 0 Å². The summed E-state index contributed by atoms with van der Waals surface area (Å²) < 4.78 is 0. The maximum atomic E-state index is 9.97.